The minimum absolute atomic E-state index is 0.632. The summed E-state index contributed by atoms with van der Waals surface area (Å²) < 4.78 is 0.888. The Morgan fingerprint density at radius 1 is 1.64 bits per heavy atom. The van der Waals surface area contributed by atoms with Gasteiger partial charge in [-0.05, 0) is 18.6 Å². The Hall–Kier alpha value is 0.470. The Morgan fingerprint density at radius 3 is 2.73 bits per heavy atom. The molecular formula is C8H10BrClS. The molecule has 0 aromatic carbocycles. The molecule has 3 heteroatoms. The zero-order chi connectivity index (χ0) is 8.27. The molecule has 1 unspecified atom stereocenters. The van der Waals surface area contributed by atoms with Gasteiger partial charge in [0.1, 0.15) is 0 Å². The first-order chi connectivity index (χ1) is 5.27. The fourth-order valence-corrected chi connectivity index (χ4v) is 3.20. The van der Waals surface area contributed by atoms with E-state index in [0.717, 1.165) is 9.67 Å². The van der Waals surface area contributed by atoms with E-state index in [2.05, 4.69) is 28.9 Å². The van der Waals surface area contributed by atoms with Crippen molar-refractivity contribution in [1.82, 2.24) is 0 Å². The monoisotopic (exact) mass is 252 g/mol. The van der Waals surface area contributed by atoms with Crippen molar-refractivity contribution >= 4 is 38.9 Å². The summed E-state index contributed by atoms with van der Waals surface area (Å²) in [7, 11) is 0. The summed E-state index contributed by atoms with van der Waals surface area (Å²) in [4.78, 5) is 1.38. The number of rotatable bonds is 3. The first-order valence-electron chi connectivity index (χ1n) is 3.59. The number of thiophene rings is 1. The predicted molar refractivity (Wildman–Crippen MR) is 56.2 cm³/mol. The minimum atomic E-state index is 0.632. The van der Waals surface area contributed by atoms with Crippen molar-refractivity contribution in [1.29, 1.82) is 0 Å². The van der Waals surface area contributed by atoms with Gasteiger partial charge in [0.05, 0.1) is 4.34 Å². The summed E-state index contributed by atoms with van der Waals surface area (Å²) in [6, 6.07) is 4.08. The van der Waals surface area contributed by atoms with E-state index in [4.69, 9.17) is 11.6 Å². The Balaban J connectivity index is 2.73. The van der Waals surface area contributed by atoms with Gasteiger partial charge in [0.2, 0.25) is 0 Å². The Morgan fingerprint density at radius 2 is 2.36 bits per heavy atom. The summed E-state index contributed by atoms with van der Waals surface area (Å²) in [6.07, 6.45) is 1.17. The normalized spacial score (nSPS) is 13.4. The highest BCUT2D eigenvalue weighted by atomic mass is 79.9. The average molecular weight is 254 g/mol. The van der Waals surface area contributed by atoms with Crippen molar-refractivity contribution in [2.24, 2.45) is 0 Å². The molecule has 0 N–H and O–H groups in total. The molecule has 0 aliphatic heterocycles. The summed E-state index contributed by atoms with van der Waals surface area (Å²) in [6.45, 7) is 2.19. The maximum absolute atomic E-state index is 5.82. The SMILES string of the molecule is CCC(CBr)c1ccc(Cl)s1. The first-order valence-corrected chi connectivity index (χ1v) is 5.90. The van der Waals surface area contributed by atoms with Gasteiger partial charge in [-0.25, -0.2) is 0 Å². The van der Waals surface area contributed by atoms with Crippen molar-refractivity contribution in [2.75, 3.05) is 5.33 Å². The van der Waals surface area contributed by atoms with Gasteiger partial charge in [0.25, 0.3) is 0 Å². The molecule has 1 aromatic heterocycles. The number of halogens is 2. The topological polar surface area (TPSA) is 0 Å². The van der Waals surface area contributed by atoms with Gasteiger partial charge in [-0.1, -0.05) is 34.5 Å². The largest absolute Gasteiger partial charge is 0.128 e. The zero-order valence-electron chi connectivity index (χ0n) is 6.31. The van der Waals surface area contributed by atoms with E-state index < -0.39 is 0 Å². The quantitative estimate of drug-likeness (QED) is 0.705. The summed E-state index contributed by atoms with van der Waals surface area (Å²) in [5.74, 6) is 0.632. The van der Waals surface area contributed by atoms with Crippen molar-refractivity contribution in [2.45, 2.75) is 19.3 Å². The maximum atomic E-state index is 5.82. The number of alkyl halides is 1. The van der Waals surface area contributed by atoms with Crippen molar-refractivity contribution in [3.8, 4) is 0 Å². The Labute approximate surface area is 84.7 Å². The lowest BCUT2D eigenvalue weighted by molar-refractivity contribution is 0.764. The van der Waals surface area contributed by atoms with Crippen molar-refractivity contribution in [3.63, 3.8) is 0 Å². The molecule has 0 saturated heterocycles. The zero-order valence-corrected chi connectivity index (χ0v) is 9.47. The standard InChI is InChI=1S/C8H10BrClS/c1-2-6(5-9)7-3-4-8(10)11-7/h3-4,6H,2,5H2,1H3. The first kappa shape index (κ1) is 9.56. The van der Waals surface area contributed by atoms with Crippen LogP contribution in [0.5, 0.6) is 0 Å². The minimum Gasteiger partial charge on any atom is -0.128 e. The van der Waals surface area contributed by atoms with Crippen LogP contribution < -0.4 is 0 Å². The van der Waals surface area contributed by atoms with Gasteiger partial charge >= 0.3 is 0 Å². The van der Waals surface area contributed by atoms with E-state index in [-0.39, 0.29) is 0 Å². The number of hydrogen-bond donors (Lipinski definition) is 0. The van der Waals surface area contributed by atoms with Crippen LogP contribution in [-0.4, -0.2) is 5.33 Å². The molecule has 11 heavy (non-hydrogen) atoms. The van der Waals surface area contributed by atoms with Gasteiger partial charge < -0.3 is 0 Å². The van der Waals surface area contributed by atoms with Gasteiger partial charge in [-0.3, -0.25) is 0 Å². The van der Waals surface area contributed by atoms with E-state index >= 15 is 0 Å². The van der Waals surface area contributed by atoms with E-state index in [1.54, 1.807) is 11.3 Å². The number of hydrogen-bond acceptors (Lipinski definition) is 1. The highest BCUT2D eigenvalue weighted by molar-refractivity contribution is 9.09. The molecule has 0 fully saturated rings. The smallest absolute Gasteiger partial charge is 0.0931 e. The van der Waals surface area contributed by atoms with Crippen LogP contribution in [0.25, 0.3) is 0 Å². The molecule has 1 rings (SSSR count). The predicted octanol–water partition coefficient (Wildman–Crippen LogP) is 4.29. The molecule has 1 atom stereocenters. The van der Waals surface area contributed by atoms with Crippen LogP contribution in [-0.2, 0) is 0 Å². The Bertz CT molecular complexity index is 218. The summed E-state index contributed by atoms with van der Waals surface area (Å²) >= 11 is 11.0. The van der Waals surface area contributed by atoms with Gasteiger partial charge in [0.15, 0.2) is 0 Å². The van der Waals surface area contributed by atoms with Crippen LogP contribution in [0.2, 0.25) is 4.34 Å². The molecule has 0 bridgehead atoms. The van der Waals surface area contributed by atoms with Gasteiger partial charge in [0, 0.05) is 16.1 Å². The van der Waals surface area contributed by atoms with Crippen molar-refractivity contribution < 1.29 is 0 Å². The molecule has 0 nitrogen and oxygen atoms in total. The summed E-state index contributed by atoms with van der Waals surface area (Å²) in [5.41, 5.74) is 0. The molecule has 0 saturated carbocycles. The van der Waals surface area contributed by atoms with Crippen molar-refractivity contribution in [3.05, 3.63) is 21.3 Å². The van der Waals surface area contributed by atoms with E-state index in [1.807, 2.05) is 6.07 Å². The van der Waals surface area contributed by atoms with Crippen LogP contribution in [0.3, 0.4) is 0 Å². The molecule has 0 radical (unpaired) electrons. The van der Waals surface area contributed by atoms with E-state index in [1.165, 1.54) is 11.3 Å². The molecular weight excluding hydrogens is 244 g/mol. The van der Waals surface area contributed by atoms with Crippen LogP contribution in [0.4, 0.5) is 0 Å². The lowest BCUT2D eigenvalue weighted by Gasteiger charge is -2.06. The molecule has 0 amide bonds. The molecule has 1 aromatic rings. The molecule has 1 heterocycles. The van der Waals surface area contributed by atoms with E-state index in [9.17, 15) is 0 Å². The fourth-order valence-electron chi connectivity index (χ4n) is 0.934. The van der Waals surface area contributed by atoms with Crippen LogP contribution in [0, 0.1) is 0 Å². The van der Waals surface area contributed by atoms with E-state index in [0.29, 0.717) is 5.92 Å². The van der Waals surface area contributed by atoms with Crippen LogP contribution in [0.1, 0.15) is 24.1 Å². The maximum Gasteiger partial charge on any atom is 0.0931 e. The average Bonchev–Trinajstić information content (AvgIpc) is 2.39. The third kappa shape index (κ3) is 2.46. The highest BCUT2D eigenvalue weighted by Gasteiger charge is 2.09. The second-order valence-electron chi connectivity index (χ2n) is 2.40. The van der Waals surface area contributed by atoms with Gasteiger partial charge in [-0.2, -0.15) is 0 Å². The third-order valence-corrected chi connectivity index (χ3v) is 3.85. The summed E-state index contributed by atoms with van der Waals surface area (Å²) in [5, 5.41) is 1.03. The fraction of sp³-hybridized carbons (Fsp3) is 0.500. The second-order valence-corrected chi connectivity index (χ2v) is 4.80. The molecule has 0 spiro atoms. The van der Waals surface area contributed by atoms with Gasteiger partial charge in [-0.15, -0.1) is 11.3 Å². The second kappa shape index (κ2) is 4.48. The third-order valence-electron chi connectivity index (χ3n) is 1.68. The molecule has 0 aliphatic rings. The highest BCUT2D eigenvalue weighted by Crippen LogP contribution is 2.30. The van der Waals surface area contributed by atoms with Crippen LogP contribution >= 0.6 is 38.9 Å². The molecule has 62 valence electrons. The lowest BCUT2D eigenvalue weighted by Crippen LogP contribution is -1.93. The van der Waals surface area contributed by atoms with Crippen LogP contribution in [0.15, 0.2) is 12.1 Å². The molecule has 0 aliphatic carbocycles. The lowest BCUT2D eigenvalue weighted by atomic mass is 10.1. The Kier molecular flexibility index (Phi) is 3.90.